The molecule has 1 aromatic heterocycles. The van der Waals surface area contributed by atoms with Crippen molar-refractivity contribution in [3.63, 3.8) is 0 Å². The van der Waals surface area contributed by atoms with Crippen molar-refractivity contribution in [3.8, 4) is 0 Å². The van der Waals surface area contributed by atoms with E-state index in [-0.39, 0.29) is 23.6 Å². The van der Waals surface area contributed by atoms with E-state index in [0.717, 1.165) is 31.8 Å². The number of piperidine rings is 1. The zero-order valence-corrected chi connectivity index (χ0v) is 20.2. The quantitative estimate of drug-likeness (QED) is 0.538. The summed E-state index contributed by atoms with van der Waals surface area (Å²) in [6, 6.07) is 8.88. The summed E-state index contributed by atoms with van der Waals surface area (Å²) in [6.45, 7) is 4.24. The van der Waals surface area contributed by atoms with E-state index in [1.165, 1.54) is 55.5 Å². The van der Waals surface area contributed by atoms with E-state index in [1.54, 1.807) is 13.3 Å². The smallest absolute Gasteiger partial charge is 0.143 e. The highest BCUT2D eigenvalue weighted by molar-refractivity contribution is 5.85. The van der Waals surface area contributed by atoms with Crippen LogP contribution in [0.2, 0.25) is 0 Å². The number of anilines is 2. The second-order valence-corrected chi connectivity index (χ2v) is 9.56. The Morgan fingerprint density at radius 2 is 2.03 bits per heavy atom. The van der Waals surface area contributed by atoms with Gasteiger partial charge in [0.25, 0.3) is 0 Å². The van der Waals surface area contributed by atoms with Crippen molar-refractivity contribution in [2.45, 2.75) is 50.0 Å². The summed E-state index contributed by atoms with van der Waals surface area (Å²) in [7, 11) is 1.71. The van der Waals surface area contributed by atoms with E-state index < -0.39 is 0 Å². The van der Waals surface area contributed by atoms with Crippen LogP contribution in [0, 0.1) is 11.7 Å². The maximum absolute atomic E-state index is 13.6. The Morgan fingerprint density at radius 1 is 1.12 bits per heavy atom. The Morgan fingerprint density at radius 3 is 2.88 bits per heavy atom. The van der Waals surface area contributed by atoms with Crippen molar-refractivity contribution in [3.05, 3.63) is 53.6 Å². The first kappa shape index (κ1) is 24.4. The fourth-order valence-corrected chi connectivity index (χ4v) is 6.51. The normalized spacial score (nSPS) is 26.1. The lowest BCUT2D eigenvalue weighted by atomic mass is 9.52. The predicted octanol–water partition coefficient (Wildman–Crippen LogP) is 5.11. The Balaban J connectivity index is 0.00000259. The highest BCUT2D eigenvalue weighted by Gasteiger charge is 2.53. The molecule has 3 atom stereocenters. The van der Waals surface area contributed by atoms with Crippen LogP contribution in [0.4, 0.5) is 15.8 Å². The van der Waals surface area contributed by atoms with Crippen LogP contribution >= 0.6 is 12.4 Å². The van der Waals surface area contributed by atoms with Gasteiger partial charge in [0.1, 0.15) is 5.82 Å². The van der Waals surface area contributed by atoms with Crippen LogP contribution in [0.5, 0.6) is 0 Å². The van der Waals surface area contributed by atoms with Crippen LogP contribution in [0.1, 0.15) is 43.2 Å². The molecular weight excluding hydrogens is 441 g/mol. The van der Waals surface area contributed by atoms with Gasteiger partial charge in [-0.2, -0.15) is 0 Å². The summed E-state index contributed by atoms with van der Waals surface area (Å²) in [6.07, 6.45) is 10.5. The number of pyridine rings is 1. The monoisotopic (exact) mass is 475 g/mol. The van der Waals surface area contributed by atoms with Gasteiger partial charge in [0.15, 0.2) is 0 Å². The third-order valence-corrected chi connectivity index (χ3v) is 7.90. The van der Waals surface area contributed by atoms with E-state index in [9.17, 15) is 4.39 Å². The third-order valence-electron chi connectivity index (χ3n) is 7.90. The molecule has 0 spiro atoms. The lowest BCUT2D eigenvalue weighted by Gasteiger charge is -2.59. The largest absolute Gasteiger partial charge is 0.382 e. The number of halogens is 2. The van der Waals surface area contributed by atoms with Crippen molar-refractivity contribution in [2.75, 3.05) is 45.3 Å². The van der Waals surface area contributed by atoms with Crippen LogP contribution in [0.25, 0.3) is 0 Å². The van der Waals surface area contributed by atoms with Gasteiger partial charge >= 0.3 is 0 Å². The highest BCUT2D eigenvalue weighted by atomic mass is 35.5. The van der Waals surface area contributed by atoms with E-state index >= 15 is 0 Å². The average Bonchev–Trinajstić information content (AvgIpc) is 2.80. The number of hydrogen-bond donors (Lipinski definition) is 1. The molecule has 0 amide bonds. The fraction of sp³-hybridized carbons (Fsp3) is 0.577. The summed E-state index contributed by atoms with van der Waals surface area (Å²) < 4.78 is 24.5. The van der Waals surface area contributed by atoms with Gasteiger partial charge in [0.05, 0.1) is 37.9 Å². The van der Waals surface area contributed by atoms with Gasteiger partial charge in [-0.25, -0.2) is 4.39 Å². The van der Waals surface area contributed by atoms with Gasteiger partial charge in [-0.3, -0.25) is 9.88 Å². The van der Waals surface area contributed by atoms with Crippen LogP contribution in [0.3, 0.4) is 0 Å². The van der Waals surface area contributed by atoms with Crippen LogP contribution < -0.4 is 5.32 Å². The predicted molar refractivity (Wildman–Crippen MR) is 131 cm³/mol. The molecule has 1 aromatic carbocycles. The molecular formula is C26H35ClFN3O2. The SMILES string of the molecule is COCCOCCN1CC[C@]23CCCC[C@H]2[C@H]1Cc1ccc(Nc2cncc(F)c2)cc13.Cl. The van der Waals surface area contributed by atoms with Crippen LogP contribution in [-0.4, -0.2) is 55.9 Å². The van der Waals surface area contributed by atoms with Gasteiger partial charge in [0.2, 0.25) is 0 Å². The topological polar surface area (TPSA) is 46.6 Å². The molecule has 180 valence electrons. The summed E-state index contributed by atoms with van der Waals surface area (Å²) >= 11 is 0. The molecule has 2 bridgehead atoms. The molecule has 3 aliphatic rings. The zero-order chi connectivity index (χ0) is 22.0. The number of nitrogens with one attached hydrogen (secondary N) is 1. The summed E-state index contributed by atoms with van der Waals surface area (Å²) in [5, 5.41) is 3.37. The number of aromatic nitrogens is 1. The summed E-state index contributed by atoms with van der Waals surface area (Å²) in [4.78, 5) is 6.66. The standard InChI is InChI=1S/C26H34FN3O2.ClH/c1-31-12-13-32-11-10-30-9-8-26-7-3-2-4-23(26)25(30)14-19-5-6-21(16-24(19)26)29-22-15-20(27)17-28-18-22;/h5-6,15-18,23,25,29H,2-4,7-14H2,1H3;1H/t23-,25+,26+;/m0./s1. The first-order valence-corrected chi connectivity index (χ1v) is 12.0. The number of nitrogens with zero attached hydrogens (tertiary/aromatic N) is 2. The molecule has 5 nitrogen and oxygen atoms in total. The Bertz CT molecular complexity index is 946. The minimum atomic E-state index is -0.319. The van der Waals surface area contributed by atoms with Crippen molar-refractivity contribution in [2.24, 2.45) is 5.92 Å². The highest BCUT2D eigenvalue weighted by Crippen LogP contribution is 2.56. The van der Waals surface area contributed by atoms with Crippen LogP contribution in [-0.2, 0) is 21.3 Å². The number of likely N-dealkylation sites (tertiary alicyclic amines) is 1. The van der Waals surface area contributed by atoms with Crippen molar-refractivity contribution in [1.82, 2.24) is 9.88 Å². The van der Waals surface area contributed by atoms with E-state index in [4.69, 9.17) is 9.47 Å². The van der Waals surface area contributed by atoms with Gasteiger partial charge < -0.3 is 14.8 Å². The Hall–Kier alpha value is -1.73. The molecule has 1 aliphatic heterocycles. The molecule has 2 aromatic rings. The number of hydrogen-bond acceptors (Lipinski definition) is 5. The van der Waals surface area contributed by atoms with Gasteiger partial charge in [0, 0.05) is 36.9 Å². The van der Waals surface area contributed by atoms with Crippen LogP contribution in [0.15, 0.2) is 36.7 Å². The number of benzene rings is 1. The minimum Gasteiger partial charge on any atom is -0.382 e. The molecule has 0 radical (unpaired) electrons. The van der Waals surface area contributed by atoms with Gasteiger partial charge in [-0.05, 0) is 61.4 Å². The molecule has 0 unspecified atom stereocenters. The Labute approximate surface area is 202 Å². The maximum Gasteiger partial charge on any atom is 0.143 e. The maximum atomic E-state index is 13.6. The molecule has 1 N–H and O–H groups in total. The molecule has 1 saturated carbocycles. The van der Waals surface area contributed by atoms with Crippen molar-refractivity contribution >= 4 is 23.8 Å². The average molecular weight is 476 g/mol. The van der Waals surface area contributed by atoms with E-state index in [1.807, 2.05) is 0 Å². The zero-order valence-electron chi connectivity index (χ0n) is 19.4. The number of rotatable bonds is 8. The summed E-state index contributed by atoms with van der Waals surface area (Å²) in [5.41, 5.74) is 5.02. The third kappa shape index (κ3) is 4.90. The summed E-state index contributed by atoms with van der Waals surface area (Å²) in [5.74, 6) is 0.392. The molecule has 2 heterocycles. The number of fused-ring (bicyclic) bond motifs is 1. The minimum absolute atomic E-state index is 0. The van der Waals surface area contributed by atoms with Crippen molar-refractivity contribution in [1.29, 1.82) is 0 Å². The second kappa shape index (κ2) is 10.7. The first-order valence-electron chi connectivity index (χ1n) is 12.0. The molecule has 5 rings (SSSR count). The van der Waals surface area contributed by atoms with E-state index in [0.29, 0.717) is 30.9 Å². The van der Waals surface area contributed by atoms with E-state index in [2.05, 4.69) is 33.4 Å². The molecule has 2 fully saturated rings. The molecule has 7 heteroatoms. The lowest BCUT2D eigenvalue weighted by molar-refractivity contribution is -0.0273. The molecule has 2 aliphatic carbocycles. The molecule has 1 saturated heterocycles. The van der Waals surface area contributed by atoms with Crippen molar-refractivity contribution < 1.29 is 13.9 Å². The van der Waals surface area contributed by atoms with Gasteiger partial charge in [-0.15, -0.1) is 12.4 Å². The number of methoxy groups -OCH3 is 1. The molecule has 33 heavy (non-hydrogen) atoms. The van der Waals surface area contributed by atoms with Gasteiger partial charge in [-0.1, -0.05) is 18.9 Å². The Kier molecular flexibility index (Phi) is 7.90. The fourth-order valence-electron chi connectivity index (χ4n) is 6.51. The number of ether oxygens (including phenoxy) is 2. The second-order valence-electron chi connectivity index (χ2n) is 9.56. The lowest BCUT2D eigenvalue weighted by Crippen LogP contribution is -2.61. The first-order chi connectivity index (χ1) is 15.7.